The minimum absolute atomic E-state index is 0.314. The van der Waals surface area contributed by atoms with Gasteiger partial charge in [-0.05, 0) is 26.7 Å². The lowest BCUT2D eigenvalue weighted by molar-refractivity contribution is -0.126. The van der Waals surface area contributed by atoms with Crippen LogP contribution < -0.4 is 10.6 Å². The first-order valence-corrected chi connectivity index (χ1v) is 5.85. The van der Waals surface area contributed by atoms with E-state index in [1.807, 2.05) is 4.90 Å². The maximum Gasteiger partial charge on any atom is 0.321 e. The lowest BCUT2D eigenvalue weighted by Gasteiger charge is -2.38. The molecule has 1 unspecified atom stereocenters. The van der Waals surface area contributed by atoms with Gasteiger partial charge in [0.25, 0.3) is 0 Å². The third-order valence-electron chi connectivity index (χ3n) is 3.27. The number of rotatable bonds is 2. The zero-order valence-electron chi connectivity index (χ0n) is 10.6. The lowest BCUT2D eigenvalue weighted by Crippen LogP contribution is -2.53. The van der Waals surface area contributed by atoms with E-state index < -0.39 is 11.6 Å². The average Bonchev–Trinajstić information content (AvgIpc) is 2.27. The van der Waals surface area contributed by atoms with Crippen LogP contribution in [0.4, 0.5) is 4.79 Å². The van der Waals surface area contributed by atoms with E-state index in [1.54, 1.807) is 13.8 Å². The van der Waals surface area contributed by atoms with Crippen LogP contribution in [0.15, 0.2) is 0 Å². The zero-order chi connectivity index (χ0) is 13.1. The number of carbonyl (C=O) groups excluding carboxylic acids is 2. The van der Waals surface area contributed by atoms with E-state index in [9.17, 15) is 14.7 Å². The number of amides is 3. The number of likely N-dealkylation sites (tertiary alicyclic amines) is 1. The van der Waals surface area contributed by atoms with Gasteiger partial charge < -0.3 is 10.4 Å². The van der Waals surface area contributed by atoms with Crippen LogP contribution in [0.1, 0.15) is 26.7 Å². The summed E-state index contributed by atoms with van der Waals surface area (Å²) in [5.74, 6) is -0.314. The molecule has 0 spiro atoms. The van der Waals surface area contributed by atoms with Crippen molar-refractivity contribution in [1.29, 1.82) is 0 Å². The summed E-state index contributed by atoms with van der Waals surface area (Å²) in [4.78, 5) is 24.7. The first-order valence-electron chi connectivity index (χ1n) is 5.85. The molecule has 1 aliphatic heterocycles. The molecule has 0 bridgehead atoms. The highest BCUT2D eigenvalue weighted by atomic mass is 16.3. The van der Waals surface area contributed by atoms with Gasteiger partial charge in [0, 0.05) is 20.1 Å². The molecule has 98 valence electrons. The quantitative estimate of drug-likeness (QED) is 0.620. The molecule has 1 saturated heterocycles. The molecular formula is C11H21N3O3. The van der Waals surface area contributed by atoms with Crippen LogP contribution in [-0.4, -0.2) is 53.7 Å². The summed E-state index contributed by atoms with van der Waals surface area (Å²) in [6, 6.07) is -0.853. The predicted molar refractivity (Wildman–Crippen MR) is 63.5 cm³/mol. The molecule has 1 atom stereocenters. The smallest absolute Gasteiger partial charge is 0.321 e. The molecule has 0 aromatic carbocycles. The van der Waals surface area contributed by atoms with Gasteiger partial charge in [0.05, 0.1) is 11.6 Å². The summed E-state index contributed by atoms with van der Waals surface area (Å²) in [6.45, 7) is 4.89. The van der Waals surface area contributed by atoms with Crippen molar-refractivity contribution in [3.63, 3.8) is 0 Å². The van der Waals surface area contributed by atoms with Crippen molar-refractivity contribution in [2.45, 2.75) is 38.3 Å². The van der Waals surface area contributed by atoms with E-state index >= 15 is 0 Å². The largest absolute Gasteiger partial charge is 0.390 e. The minimum atomic E-state index is -0.631. The second-order valence-corrected chi connectivity index (χ2v) is 4.78. The van der Waals surface area contributed by atoms with Crippen LogP contribution in [0.5, 0.6) is 0 Å². The molecule has 0 saturated carbocycles. The molecule has 0 aliphatic carbocycles. The summed E-state index contributed by atoms with van der Waals surface area (Å²) in [5.41, 5.74) is -0.631. The van der Waals surface area contributed by atoms with Crippen molar-refractivity contribution in [1.82, 2.24) is 15.5 Å². The molecule has 0 aromatic rings. The van der Waals surface area contributed by atoms with Crippen LogP contribution in [0, 0.1) is 0 Å². The number of imide groups is 1. The maximum absolute atomic E-state index is 11.7. The molecule has 3 amide bonds. The standard InChI is InChI=1S/C11H21N3O3/c1-8(9(15)13-10(16)12-3)14-6-4-11(2,17)5-7-14/h8,17H,4-7H2,1-3H3,(H2,12,13,15,16). The maximum atomic E-state index is 11.7. The van der Waals surface area contributed by atoms with Crippen molar-refractivity contribution in [3.8, 4) is 0 Å². The topological polar surface area (TPSA) is 81.7 Å². The van der Waals surface area contributed by atoms with Crippen molar-refractivity contribution in [2.75, 3.05) is 20.1 Å². The van der Waals surface area contributed by atoms with E-state index in [0.29, 0.717) is 25.9 Å². The summed E-state index contributed by atoms with van der Waals surface area (Å²) >= 11 is 0. The highest BCUT2D eigenvalue weighted by molar-refractivity contribution is 5.96. The SMILES string of the molecule is CNC(=O)NC(=O)C(C)N1CCC(C)(O)CC1. The minimum Gasteiger partial charge on any atom is -0.390 e. The first-order chi connectivity index (χ1) is 7.85. The fourth-order valence-corrected chi connectivity index (χ4v) is 1.84. The third-order valence-corrected chi connectivity index (χ3v) is 3.27. The van der Waals surface area contributed by atoms with E-state index in [2.05, 4.69) is 10.6 Å². The van der Waals surface area contributed by atoms with Crippen molar-refractivity contribution in [2.24, 2.45) is 0 Å². The first kappa shape index (κ1) is 13.9. The van der Waals surface area contributed by atoms with Gasteiger partial charge in [-0.1, -0.05) is 0 Å². The monoisotopic (exact) mass is 243 g/mol. The Balaban J connectivity index is 2.45. The molecular weight excluding hydrogens is 222 g/mol. The number of nitrogens with one attached hydrogen (secondary N) is 2. The van der Waals surface area contributed by atoms with Crippen molar-refractivity contribution >= 4 is 11.9 Å². The highest BCUT2D eigenvalue weighted by Crippen LogP contribution is 2.22. The number of piperidine rings is 1. The van der Waals surface area contributed by atoms with E-state index in [-0.39, 0.29) is 11.9 Å². The summed E-state index contributed by atoms with van der Waals surface area (Å²) in [5, 5.41) is 14.4. The summed E-state index contributed by atoms with van der Waals surface area (Å²) in [6.07, 6.45) is 1.29. The zero-order valence-corrected chi connectivity index (χ0v) is 10.6. The van der Waals surface area contributed by atoms with Gasteiger partial charge >= 0.3 is 6.03 Å². The third kappa shape index (κ3) is 3.98. The Hall–Kier alpha value is -1.14. The normalized spacial score (nSPS) is 21.6. The van der Waals surface area contributed by atoms with Gasteiger partial charge in [0.15, 0.2) is 0 Å². The van der Waals surface area contributed by atoms with Crippen molar-refractivity contribution in [3.05, 3.63) is 0 Å². The highest BCUT2D eigenvalue weighted by Gasteiger charge is 2.31. The Morgan fingerprint density at radius 2 is 1.88 bits per heavy atom. The fourth-order valence-electron chi connectivity index (χ4n) is 1.84. The molecule has 1 rings (SSSR count). The van der Waals surface area contributed by atoms with Crippen LogP contribution >= 0.6 is 0 Å². The fraction of sp³-hybridized carbons (Fsp3) is 0.818. The molecule has 17 heavy (non-hydrogen) atoms. The molecule has 1 aliphatic rings. The average molecular weight is 243 g/mol. The Morgan fingerprint density at radius 3 is 2.35 bits per heavy atom. The molecule has 1 heterocycles. The predicted octanol–water partition coefficient (Wildman–Crippen LogP) is -0.323. The number of nitrogens with zero attached hydrogens (tertiary/aromatic N) is 1. The Labute approximate surface area is 101 Å². The number of aliphatic hydroxyl groups is 1. The Morgan fingerprint density at radius 1 is 1.35 bits per heavy atom. The van der Waals surface area contributed by atoms with E-state index in [4.69, 9.17) is 0 Å². The lowest BCUT2D eigenvalue weighted by atomic mass is 9.93. The second-order valence-electron chi connectivity index (χ2n) is 4.78. The second kappa shape index (κ2) is 5.46. The molecule has 0 radical (unpaired) electrons. The molecule has 6 heteroatoms. The van der Waals surface area contributed by atoms with E-state index in [0.717, 1.165) is 0 Å². The van der Waals surface area contributed by atoms with Gasteiger partial charge in [-0.15, -0.1) is 0 Å². The van der Waals surface area contributed by atoms with Crippen LogP contribution in [0.2, 0.25) is 0 Å². The van der Waals surface area contributed by atoms with Crippen LogP contribution in [0.3, 0.4) is 0 Å². The molecule has 6 nitrogen and oxygen atoms in total. The number of hydrogen-bond donors (Lipinski definition) is 3. The van der Waals surface area contributed by atoms with Gasteiger partial charge in [-0.3, -0.25) is 15.0 Å². The number of urea groups is 1. The van der Waals surface area contributed by atoms with Gasteiger partial charge in [0.2, 0.25) is 5.91 Å². The number of hydrogen-bond acceptors (Lipinski definition) is 4. The van der Waals surface area contributed by atoms with Crippen LogP contribution in [0.25, 0.3) is 0 Å². The molecule has 0 aromatic heterocycles. The Kier molecular flexibility index (Phi) is 4.47. The van der Waals surface area contributed by atoms with Gasteiger partial charge in [0.1, 0.15) is 0 Å². The molecule has 3 N–H and O–H groups in total. The van der Waals surface area contributed by atoms with Gasteiger partial charge in [-0.25, -0.2) is 4.79 Å². The van der Waals surface area contributed by atoms with Crippen molar-refractivity contribution < 1.29 is 14.7 Å². The van der Waals surface area contributed by atoms with Crippen LogP contribution in [-0.2, 0) is 4.79 Å². The molecule has 1 fully saturated rings. The van der Waals surface area contributed by atoms with E-state index in [1.165, 1.54) is 7.05 Å². The summed E-state index contributed by atoms with van der Waals surface area (Å²) < 4.78 is 0. The number of carbonyl (C=O) groups is 2. The Bertz CT molecular complexity index is 294. The summed E-state index contributed by atoms with van der Waals surface area (Å²) in [7, 11) is 1.46. The van der Waals surface area contributed by atoms with Gasteiger partial charge in [-0.2, -0.15) is 0 Å².